The minimum Gasteiger partial charge on any atom is -0.352 e. The van der Waals surface area contributed by atoms with Crippen LogP contribution in [0.1, 0.15) is 30.1 Å². The van der Waals surface area contributed by atoms with Crippen LogP contribution < -0.4 is 5.32 Å². The highest BCUT2D eigenvalue weighted by atomic mass is 79.9. The third-order valence-corrected chi connectivity index (χ3v) is 3.50. The number of carbonyl (C=O) groups excluding carboxylic acids is 1. The molecular formula is C13H16BrFN2O3. The largest absolute Gasteiger partial charge is 0.352 e. The second kappa shape index (κ2) is 7.94. The van der Waals surface area contributed by atoms with Crippen molar-refractivity contribution in [2.45, 2.75) is 19.8 Å². The van der Waals surface area contributed by atoms with Gasteiger partial charge in [0.05, 0.1) is 4.92 Å². The van der Waals surface area contributed by atoms with Crippen LogP contribution >= 0.6 is 15.9 Å². The molecule has 5 nitrogen and oxygen atoms in total. The first-order valence-corrected chi connectivity index (χ1v) is 7.39. The molecule has 0 aromatic heterocycles. The van der Waals surface area contributed by atoms with Crippen LogP contribution in [0.15, 0.2) is 18.2 Å². The van der Waals surface area contributed by atoms with E-state index in [0.29, 0.717) is 6.54 Å². The number of nitro benzene ring substituents is 1. The predicted octanol–water partition coefficient (Wildman–Crippen LogP) is 3.27. The van der Waals surface area contributed by atoms with Crippen molar-refractivity contribution in [1.82, 2.24) is 5.32 Å². The molecule has 0 spiro atoms. The van der Waals surface area contributed by atoms with Crippen molar-refractivity contribution in [2.24, 2.45) is 5.92 Å². The maximum absolute atomic E-state index is 13.1. The topological polar surface area (TPSA) is 72.2 Å². The third-order valence-electron chi connectivity index (χ3n) is 3.05. The van der Waals surface area contributed by atoms with Gasteiger partial charge in [0.15, 0.2) is 0 Å². The zero-order chi connectivity index (χ0) is 15.1. The molecule has 1 amide bonds. The molecule has 110 valence electrons. The average molecular weight is 347 g/mol. The first-order chi connectivity index (χ1) is 9.49. The Labute approximate surface area is 124 Å². The SMILES string of the molecule is CCC(CCBr)CNC(=O)c1cc(F)ccc1[N+](=O)[O-]. The lowest BCUT2D eigenvalue weighted by Gasteiger charge is -2.14. The van der Waals surface area contributed by atoms with E-state index in [2.05, 4.69) is 21.2 Å². The Kier molecular flexibility index (Phi) is 6.57. The first-order valence-electron chi connectivity index (χ1n) is 6.27. The zero-order valence-corrected chi connectivity index (χ0v) is 12.7. The van der Waals surface area contributed by atoms with Gasteiger partial charge in [0, 0.05) is 17.9 Å². The highest BCUT2D eigenvalue weighted by Crippen LogP contribution is 2.19. The van der Waals surface area contributed by atoms with Gasteiger partial charge in [-0.15, -0.1) is 0 Å². The Bertz CT molecular complexity index is 497. The molecule has 0 saturated heterocycles. The lowest BCUT2D eigenvalue weighted by molar-refractivity contribution is -0.385. The summed E-state index contributed by atoms with van der Waals surface area (Å²) in [4.78, 5) is 22.1. The number of benzene rings is 1. The lowest BCUT2D eigenvalue weighted by Crippen LogP contribution is -2.30. The average Bonchev–Trinajstić information content (AvgIpc) is 2.42. The molecule has 1 aromatic carbocycles. The van der Waals surface area contributed by atoms with E-state index in [0.717, 1.165) is 36.4 Å². The highest BCUT2D eigenvalue weighted by molar-refractivity contribution is 9.09. The van der Waals surface area contributed by atoms with Crippen molar-refractivity contribution in [3.05, 3.63) is 39.7 Å². The Hall–Kier alpha value is -1.50. The van der Waals surface area contributed by atoms with Crippen molar-refractivity contribution in [2.75, 3.05) is 11.9 Å². The van der Waals surface area contributed by atoms with Crippen molar-refractivity contribution in [3.8, 4) is 0 Å². The van der Waals surface area contributed by atoms with Crippen LogP contribution in [-0.4, -0.2) is 22.7 Å². The molecule has 0 fully saturated rings. The molecule has 0 aliphatic heterocycles. The van der Waals surface area contributed by atoms with Crippen LogP contribution in [0.3, 0.4) is 0 Å². The molecule has 1 atom stereocenters. The number of nitrogens with one attached hydrogen (secondary N) is 1. The van der Waals surface area contributed by atoms with Gasteiger partial charge in [0.25, 0.3) is 11.6 Å². The number of alkyl halides is 1. The monoisotopic (exact) mass is 346 g/mol. The van der Waals surface area contributed by atoms with E-state index in [1.807, 2.05) is 6.92 Å². The molecule has 1 unspecified atom stereocenters. The summed E-state index contributed by atoms with van der Waals surface area (Å²) in [6.07, 6.45) is 1.78. The molecule has 0 heterocycles. The number of rotatable bonds is 7. The minimum absolute atomic E-state index is 0.247. The Morgan fingerprint density at radius 1 is 1.55 bits per heavy atom. The van der Waals surface area contributed by atoms with Crippen LogP contribution in [0.4, 0.5) is 10.1 Å². The number of halogens is 2. The van der Waals surface area contributed by atoms with Crippen LogP contribution in [-0.2, 0) is 0 Å². The second-order valence-corrected chi connectivity index (χ2v) is 5.17. The molecule has 1 N–H and O–H groups in total. The fourth-order valence-electron chi connectivity index (χ4n) is 1.79. The molecule has 0 radical (unpaired) electrons. The van der Waals surface area contributed by atoms with E-state index in [-0.39, 0.29) is 11.5 Å². The number of nitro groups is 1. The Balaban J connectivity index is 2.81. The molecule has 7 heteroatoms. The molecule has 0 saturated carbocycles. The van der Waals surface area contributed by atoms with Gasteiger partial charge in [-0.1, -0.05) is 29.3 Å². The molecule has 1 rings (SSSR count). The normalized spacial score (nSPS) is 11.9. The van der Waals surface area contributed by atoms with Gasteiger partial charge in [-0.25, -0.2) is 4.39 Å². The van der Waals surface area contributed by atoms with E-state index >= 15 is 0 Å². The molecule has 20 heavy (non-hydrogen) atoms. The smallest absolute Gasteiger partial charge is 0.282 e. The Morgan fingerprint density at radius 2 is 2.25 bits per heavy atom. The van der Waals surface area contributed by atoms with Gasteiger partial charge >= 0.3 is 0 Å². The summed E-state index contributed by atoms with van der Waals surface area (Å²) in [5.74, 6) is -1.01. The number of carbonyl (C=O) groups is 1. The summed E-state index contributed by atoms with van der Waals surface area (Å²) in [5, 5.41) is 14.3. The van der Waals surface area contributed by atoms with Gasteiger partial charge in [-0.05, 0) is 24.5 Å². The summed E-state index contributed by atoms with van der Waals surface area (Å²) in [7, 11) is 0. The summed E-state index contributed by atoms with van der Waals surface area (Å²) in [5.41, 5.74) is -0.638. The third kappa shape index (κ3) is 4.56. The van der Waals surface area contributed by atoms with Gasteiger partial charge in [-0.3, -0.25) is 14.9 Å². The van der Waals surface area contributed by atoms with Gasteiger partial charge in [-0.2, -0.15) is 0 Å². The van der Waals surface area contributed by atoms with E-state index in [1.165, 1.54) is 0 Å². The number of nitrogens with zero attached hydrogens (tertiary/aromatic N) is 1. The number of hydrogen-bond donors (Lipinski definition) is 1. The fourth-order valence-corrected chi connectivity index (χ4v) is 2.43. The van der Waals surface area contributed by atoms with Gasteiger partial charge < -0.3 is 5.32 Å². The maximum Gasteiger partial charge on any atom is 0.282 e. The van der Waals surface area contributed by atoms with Crippen LogP contribution in [0.2, 0.25) is 0 Å². The minimum atomic E-state index is -0.690. The van der Waals surface area contributed by atoms with E-state index in [9.17, 15) is 19.3 Å². The predicted molar refractivity (Wildman–Crippen MR) is 77.6 cm³/mol. The Morgan fingerprint density at radius 3 is 2.80 bits per heavy atom. The quantitative estimate of drug-likeness (QED) is 0.467. The van der Waals surface area contributed by atoms with Crippen molar-refractivity contribution < 1.29 is 14.1 Å². The second-order valence-electron chi connectivity index (χ2n) is 4.38. The number of amides is 1. The highest BCUT2D eigenvalue weighted by Gasteiger charge is 2.21. The summed E-state index contributed by atoms with van der Waals surface area (Å²) in [6.45, 7) is 2.42. The zero-order valence-electron chi connectivity index (χ0n) is 11.1. The molecule has 0 aliphatic rings. The van der Waals surface area contributed by atoms with E-state index in [4.69, 9.17) is 0 Å². The van der Waals surface area contributed by atoms with Crippen LogP contribution in [0, 0.1) is 21.8 Å². The maximum atomic E-state index is 13.1. The van der Waals surface area contributed by atoms with E-state index in [1.54, 1.807) is 0 Å². The summed E-state index contributed by atoms with van der Waals surface area (Å²) >= 11 is 3.33. The van der Waals surface area contributed by atoms with Gasteiger partial charge in [0.2, 0.25) is 0 Å². The van der Waals surface area contributed by atoms with Crippen LogP contribution in [0.5, 0.6) is 0 Å². The molecule has 0 aliphatic carbocycles. The van der Waals surface area contributed by atoms with Crippen molar-refractivity contribution in [3.63, 3.8) is 0 Å². The summed E-state index contributed by atoms with van der Waals surface area (Å²) < 4.78 is 13.1. The molecular weight excluding hydrogens is 331 g/mol. The van der Waals surface area contributed by atoms with Crippen molar-refractivity contribution in [1.29, 1.82) is 0 Å². The molecule has 1 aromatic rings. The summed E-state index contributed by atoms with van der Waals surface area (Å²) in [6, 6.07) is 2.85. The first kappa shape index (κ1) is 16.6. The van der Waals surface area contributed by atoms with Crippen LogP contribution in [0.25, 0.3) is 0 Å². The van der Waals surface area contributed by atoms with Crippen molar-refractivity contribution >= 4 is 27.5 Å². The lowest BCUT2D eigenvalue weighted by atomic mass is 10.0. The molecule has 0 bridgehead atoms. The fraction of sp³-hybridized carbons (Fsp3) is 0.462. The standard InChI is InChI=1S/C13H16BrFN2O3/c1-2-9(5-6-14)8-16-13(18)11-7-10(15)3-4-12(11)17(19)20/h3-4,7,9H,2,5-6,8H2,1H3,(H,16,18). The number of hydrogen-bond acceptors (Lipinski definition) is 3. The van der Waals surface area contributed by atoms with E-state index < -0.39 is 22.3 Å². The van der Waals surface area contributed by atoms with Gasteiger partial charge in [0.1, 0.15) is 11.4 Å².